The zero-order valence-corrected chi connectivity index (χ0v) is 13.0. The summed E-state index contributed by atoms with van der Waals surface area (Å²) in [6, 6.07) is 10.8. The van der Waals surface area contributed by atoms with Crippen LogP contribution in [0.2, 0.25) is 0 Å². The third-order valence-corrected chi connectivity index (χ3v) is 4.75. The molecule has 3 aromatic rings. The van der Waals surface area contributed by atoms with Crippen molar-refractivity contribution in [2.75, 3.05) is 11.8 Å². The van der Waals surface area contributed by atoms with Crippen molar-refractivity contribution in [2.24, 2.45) is 0 Å². The molecule has 0 bridgehead atoms. The number of hydrogen-bond acceptors (Lipinski definition) is 4. The Morgan fingerprint density at radius 1 is 1.13 bits per heavy atom. The van der Waals surface area contributed by atoms with E-state index < -0.39 is 10.0 Å². The third-order valence-electron chi connectivity index (χ3n) is 3.35. The van der Waals surface area contributed by atoms with Gasteiger partial charge in [0.2, 0.25) is 0 Å². The quantitative estimate of drug-likeness (QED) is 0.677. The van der Waals surface area contributed by atoms with Gasteiger partial charge in [-0.25, -0.2) is 8.42 Å². The highest BCUT2D eigenvalue weighted by Crippen LogP contribution is 2.20. The van der Waals surface area contributed by atoms with Crippen LogP contribution in [0, 0.1) is 0 Å². The molecular weight excluding hydrogens is 316 g/mol. The van der Waals surface area contributed by atoms with E-state index in [1.54, 1.807) is 24.4 Å². The van der Waals surface area contributed by atoms with Crippen molar-refractivity contribution < 1.29 is 13.2 Å². The van der Waals surface area contributed by atoms with E-state index in [1.165, 1.54) is 31.3 Å². The minimum absolute atomic E-state index is 0.0786. The number of benzene rings is 2. The number of aromatic amines is 1. The molecule has 23 heavy (non-hydrogen) atoms. The average molecular weight is 330 g/mol. The lowest BCUT2D eigenvalue weighted by Crippen LogP contribution is -2.18. The highest BCUT2D eigenvalue weighted by Gasteiger charge is 2.15. The van der Waals surface area contributed by atoms with Crippen LogP contribution in [0.25, 0.3) is 10.9 Å². The Bertz CT molecular complexity index is 962. The smallest absolute Gasteiger partial charge is 0.261 e. The summed E-state index contributed by atoms with van der Waals surface area (Å²) in [7, 11) is -2.22. The number of H-pyrrole nitrogens is 1. The second-order valence-electron chi connectivity index (χ2n) is 4.88. The molecule has 1 heterocycles. The molecule has 0 saturated carbocycles. The molecule has 3 rings (SSSR count). The molecule has 2 aromatic carbocycles. The first-order chi connectivity index (χ1) is 11.0. The van der Waals surface area contributed by atoms with E-state index in [0.29, 0.717) is 11.3 Å². The Kier molecular flexibility index (Phi) is 3.75. The first-order valence-corrected chi connectivity index (χ1v) is 8.26. The molecule has 0 atom stereocenters. The largest absolute Gasteiger partial charge is 0.355 e. The fraction of sp³-hybridized carbons (Fsp3) is 0.0667. The topological polar surface area (TPSA) is 104 Å². The number of nitrogens with one attached hydrogen (secondary N) is 3. The molecule has 8 heteroatoms. The Balaban J connectivity index is 1.87. The van der Waals surface area contributed by atoms with Gasteiger partial charge < -0.3 is 5.32 Å². The van der Waals surface area contributed by atoms with E-state index in [4.69, 9.17) is 0 Å². The van der Waals surface area contributed by atoms with Gasteiger partial charge in [0.15, 0.2) is 0 Å². The molecular formula is C15H14N4O3S. The van der Waals surface area contributed by atoms with Gasteiger partial charge in [0.05, 0.1) is 22.3 Å². The van der Waals surface area contributed by atoms with Crippen molar-refractivity contribution in [1.29, 1.82) is 0 Å². The van der Waals surface area contributed by atoms with Gasteiger partial charge in [-0.3, -0.25) is 14.6 Å². The summed E-state index contributed by atoms with van der Waals surface area (Å²) in [5.74, 6) is -0.272. The summed E-state index contributed by atoms with van der Waals surface area (Å²) in [4.78, 5) is 11.6. The maximum absolute atomic E-state index is 12.4. The summed E-state index contributed by atoms with van der Waals surface area (Å²) in [6.45, 7) is 0. The van der Waals surface area contributed by atoms with Crippen LogP contribution in [0.4, 0.5) is 5.69 Å². The van der Waals surface area contributed by atoms with Gasteiger partial charge in [0, 0.05) is 18.0 Å². The number of anilines is 1. The maximum Gasteiger partial charge on any atom is 0.261 e. The SMILES string of the molecule is CNC(=O)c1ccc(S(=O)(=O)Nc2ccc3cn[nH]c3c2)cc1. The Morgan fingerprint density at radius 2 is 1.87 bits per heavy atom. The average Bonchev–Trinajstić information content (AvgIpc) is 3.01. The number of nitrogens with zero attached hydrogens (tertiary/aromatic N) is 1. The van der Waals surface area contributed by atoms with Gasteiger partial charge >= 0.3 is 0 Å². The van der Waals surface area contributed by atoms with Crippen LogP contribution in [-0.4, -0.2) is 31.6 Å². The monoisotopic (exact) mass is 330 g/mol. The lowest BCUT2D eigenvalue weighted by molar-refractivity contribution is 0.0963. The highest BCUT2D eigenvalue weighted by molar-refractivity contribution is 7.92. The molecule has 118 valence electrons. The van der Waals surface area contributed by atoms with Crippen molar-refractivity contribution in [2.45, 2.75) is 4.90 Å². The van der Waals surface area contributed by atoms with Gasteiger partial charge in [-0.05, 0) is 42.5 Å². The highest BCUT2D eigenvalue weighted by atomic mass is 32.2. The predicted octanol–water partition coefficient (Wildman–Crippen LogP) is 1.72. The van der Waals surface area contributed by atoms with E-state index in [-0.39, 0.29) is 10.8 Å². The molecule has 0 unspecified atom stereocenters. The summed E-state index contributed by atoms with van der Waals surface area (Å²) >= 11 is 0. The number of rotatable bonds is 4. The van der Waals surface area contributed by atoms with Crippen LogP contribution in [0.3, 0.4) is 0 Å². The van der Waals surface area contributed by atoms with E-state index in [1.807, 2.05) is 0 Å². The molecule has 0 aliphatic heterocycles. The van der Waals surface area contributed by atoms with Crippen molar-refractivity contribution >= 4 is 32.5 Å². The van der Waals surface area contributed by atoms with E-state index in [2.05, 4.69) is 20.2 Å². The number of hydrogen-bond donors (Lipinski definition) is 3. The van der Waals surface area contributed by atoms with Crippen molar-refractivity contribution in [1.82, 2.24) is 15.5 Å². The first kappa shape index (κ1) is 15.0. The number of aromatic nitrogens is 2. The summed E-state index contributed by atoms with van der Waals surface area (Å²) in [5, 5.41) is 10.0. The second kappa shape index (κ2) is 5.73. The van der Waals surface area contributed by atoms with Crippen LogP contribution >= 0.6 is 0 Å². The minimum atomic E-state index is -3.73. The van der Waals surface area contributed by atoms with Crippen LogP contribution in [0.1, 0.15) is 10.4 Å². The Labute approximate surface area is 132 Å². The van der Waals surface area contributed by atoms with Gasteiger partial charge in [-0.1, -0.05) is 0 Å². The van der Waals surface area contributed by atoms with Gasteiger partial charge in [-0.15, -0.1) is 0 Å². The zero-order valence-electron chi connectivity index (χ0n) is 12.2. The molecule has 0 saturated heterocycles. The van der Waals surface area contributed by atoms with Crippen LogP contribution in [0.5, 0.6) is 0 Å². The number of fused-ring (bicyclic) bond motifs is 1. The Morgan fingerprint density at radius 3 is 2.57 bits per heavy atom. The van der Waals surface area contributed by atoms with Gasteiger partial charge in [0.25, 0.3) is 15.9 Å². The lowest BCUT2D eigenvalue weighted by atomic mass is 10.2. The fourth-order valence-electron chi connectivity index (χ4n) is 2.14. The maximum atomic E-state index is 12.4. The molecule has 1 amide bonds. The minimum Gasteiger partial charge on any atom is -0.355 e. The van der Waals surface area contributed by atoms with E-state index in [0.717, 1.165) is 10.9 Å². The van der Waals surface area contributed by atoms with Crippen LogP contribution in [0.15, 0.2) is 53.6 Å². The van der Waals surface area contributed by atoms with E-state index >= 15 is 0 Å². The molecule has 3 N–H and O–H groups in total. The summed E-state index contributed by atoms with van der Waals surface area (Å²) in [6.07, 6.45) is 1.66. The molecule has 0 aliphatic carbocycles. The van der Waals surface area contributed by atoms with Crippen LogP contribution < -0.4 is 10.0 Å². The summed E-state index contributed by atoms with van der Waals surface area (Å²) in [5.41, 5.74) is 1.56. The normalized spacial score (nSPS) is 11.3. The van der Waals surface area contributed by atoms with Crippen molar-refractivity contribution in [3.63, 3.8) is 0 Å². The van der Waals surface area contributed by atoms with Gasteiger partial charge in [-0.2, -0.15) is 5.10 Å². The number of sulfonamides is 1. The van der Waals surface area contributed by atoms with Gasteiger partial charge in [0.1, 0.15) is 0 Å². The number of carbonyl (C=O) groups excluding carboxylic acids is 1. The second-order valence-corrected chi connectivity index (χ2v) is 6.56. The summed E-state index contributed by atoms with van der Waals surface area (Å²) < 4.78 is 27.3. The van der Waals surface area contributed by atoms with Crippen molar-refractivity contribution in [3.05, 3.63) is 54.2 Å². The Hall–Kier alpha value is -2.87. The van der Waals surface area contributed by atoms with Crippen LogP contribution in [-0.2, 0) is 10.0 Å². The first-order valence-electron chi connectivity index (χ1n) is 6.78. The van der Waals surface area contributed by atoms with E-state index in [9.17, 15) is 13.2 Å². The predicted molar refractivity (Wildman–Crippen MR) is 86.7 cm³/mol. The lowest BCUT2D eigenvalue weighted by Gasteiger charge is -2.08. The molecule has 1 aromatic heterocycles. The van der Waals surface area contributed by atoms with Crippen molar-refractivity contribution in [3.8, 4) is 0 Å². The number of carbonyl (C=O) groups is 1. The standard InChI is InChI=1S/C15H14N4O3S/c1-16-15(20)10-3-6-13(7-4-10)23(21,22)19-12-5-2-11-9-17-18-14(11)8-12/h2-9,19H,1H3,(H,16,20)(H,17,18). The zero-order chi connectivity index (χ0) is 16.4. The molecule has 0 spiro atoms. The fourth-order valence-corrected chi connectivity index (χ4v) is 3.19. The number of amides is 1. The molecule has 0 radical (unpaired) electrons. The third kappa shape index (κ3) is 3.02. The molecule has 0 aliphatic rings. The molecule has 0 fully saturated rings. The molecule has 7 nitrogen and oxygen atoms in total.